The standard InChI is InChI=1S/C34H34N4O4/c1-5-39-29-21-27-19-25-15-14-23(35-25)18-24-16-17-26(36-24)20-28-30(22-12-10-9-11-13-22)33(40-6-2)32(38(28)42-8-4)34(41-7-3)31(29)37-27/h9-21,37H,5-8H2,1-4H3. The van der Waals surface area contributed by atoms with Gasteiger partial charge in [0.05, 0.1) is 53.7 Å². The van der Waals surface area contributed by atoms with Crippen LogP contribution < -0.4 is 19.0 Å². The van der Waals surface area contributed by atoms with Crippen molar-refractivity contribution < 1.29 is 19.0 Å². The van der Waals surface area contributed by atoms with E-state index in [2.05, 4.69) is 17.1 Å². The van der Waals surface area contributed by atoms with Gasteiger partial charge in [-0.2, -0.15) is 4.73 Å². The zero-order chi connectivity index (χ0) is 29.1. The summed E-state index contributed by atoms with van der Waals surface area (Å²) >= 11 is 0. The van der Waals surface area contributed by atoms with Gasteiger partial charge in [0.2, 0.25) is 0 Å². The monoisotopic (exact) mass is 562 g/mol. The van der Waals surface area contributed by atoms with Gasteiger partial charge in [-0.05, 0) is 75.8 Å². The van der Waals surface area contributed by atoms with E-state index >= 15 is 0 Å². The number of hydrogen-bond acceptors (Lipinski definition) is 6. The van der Waals surface area contributed by atoms with Crippen LogP contribution in [0.1, 0.15) is 50.5 Å². The van der Waals surface area contributed by atoms with Crippen molar-refractivity contribution in [1.29, 1.82) is 0 Å². The number of aromatic nitrogens is 4. The first-order chi connectivity index (χ1) is 20.6. The number of H-pyrrole nitrogens is 1. The van der Waals surface area contributed by atoms with Crippen LogP contribution in [0.2, 0.25) is 0 Å². The minimum absolute atomic E-state index is 0.416. The SMILES string of the molecule is CCOc1cc2cc3nc(cc4nc(cc5c(-c6ccccc6)c(OCC)c(c(OCC)c1[nH]2)n5OCC)C=C4)C=C3. The van der Waals surface area contributed by atoms with Gasteiger partial charge >= 0.3 is 0 Å². The van der Waals surface area contributed by atoms with Crippen LogP contribution in [0.3, 0.4) is 0 Å². The first kappa shape index (κ1) is 27.2. The molecule has 2 aliphatic rings. The van der Waals surface area contributed by atoms with Crippen LogP contribution in [0.25, 0.3) is 57.5 Å². The van der Waals surface area contributed by atoms with E-state index in [9.17, 15) is 0 Å². The second kappa shape index (κ2) is 11.9. The van der Waals surface area contributed by atoms with Crippen LogP contribution in [-0.4, -0.2) is 46.1 Å². The molecule has 0 atom stereocenters. The van der Waals surface area contributed by atoms with Crippen molar-refractivity contribution in [3.8, 4) is 28.4 Å². The fraction of sp³-hybridized carbons (Fsp3) is 0.235. The van der Waals surface area contributed by atoms with Gasteiger partial charge in [0.1, 0.15) is 17.9 Å². The molecule has 3 aromatic heterocycles. The van der Waals surface area contributed by atoms with Crippen LogP contribution in [0.15, 0.2) is 54.6 Å². The van der Waals surface area contributed by atoms with E-state index in [4.69, 9.17) is 29.0 Å². The molecule has 8 nitrogen and oxygen atoms in total. The lowest BCUT2D eigenvalue weighted by atomic mass is 10.1. The quantitative estimate of drug-likeness (QED) is 0.197. The molecule has 5 heterocycles. The molecular weight excluding hydrogens is 528 g/mol. The van der Waals surface area contributed by atoms with Crippen LogP contribution in [-0.2, 0) is 0 Å². The highest BCUT2D eigenvalue weighted by molar-refractivity contribution is 5.99. The van der Waals surface area contributed by atoms with Crippen molar-refractivity contribution in [2.45, 2.75) is 27.7 Å². The first-order valence-corrected chi connectivity index (χ1v) is 14.4. The summed E-state index contributed by atoms with van der Waals surface area (Å²) in [5.74, 6) is 1.87. The van der Waals surface area contributed by atoms with E-state index in [-0.39, 0.29) is 0 Å². The first-order valence-electron chi connectivity index (χ1n) is 14.4. The second-order valence-corrected chi connectivity index (χ2v) is 9.63. The predicted octanol–water partition coefficient (Wildman–Crippen LogP) is 7.44. The third-order valence-electron chi connectivity index (χ3n) is 6.81. The number of benzene rings is 1. The van der Waals surface area contributed by atoms with Crippen LogP contribution in [0.5, 0.6) is 17.2 Å². The van der Waals surface area contributed by atoms with E-state index in [0.29, 0.717) is 54.7 Å². The molecule has 6 rings (SSSR count). The lowest BCUT2D eigenvalue weighted by Crippen LogP contribution is -2.11. The van der Waals surface area contributed by atoms with Gasteiger partial charge in [0.25, 0.3) is 0 Å². The fourth-order valence-electron chi connectivity index (χ4n) is 5.24. The summed E-state index contributed by atoms with van der Waals surface area (Å²) in [6.07, 6.45) is 7.96. The molecule has 0 radical (unpaired) electrons. The highest BCUT2D eigenvalue weighted by Gasteiger charge is 2.26. The number of ether oxygens (including phenoxy) is 3. The largest absolute Gasteiger partial charge is 0.491 e. The number of nitrogens with one attached hydrogen (secondary N) is 1. The van der Waals surface area contributed by atoms with Gasteiger partial charge in [-0.15, -0.1) is 0 Å². The third kappa shape index (κ3) is 5.11. The maximum atomic E-state index is 6.47. The summed E-state index contributed by atoms with van der Waals surface area (Å²) in [7, 11) is 0. The van der Waals surface area contributed by atoms with Crippen molar-refractivity contribution in [3.05, 3.63) is 77.4 Å². The zero-order valence-electron chi connectivity index (χ0n) is 24.3. The predicted molar refractivity (Wildman–Crippen MR) is 169 cm³/mol. The Morgan fingerprint density at radius 2 is 1.29 bits per heavy atom. The molecule has 2 aliphatic heterocycles. The van der Waals surface area contributed by atoms with Crippen molar-refractivity contribution in [2.75, 3.05) is 26.4 Å². The van der Waals surface area contributed by atoms with Gasteiger partial charge in [0.15, 0.2) is 17.0 Å². The van der Waals surface area contributed by atoms with Crippen molar-refractivity contribution in [1.82, 2.24) is 19.7 Å². The molecule has 8 heteroatoms. The Balaban J connectivity index is 1.89. The Kier molecular flexibility index (Phi) is 7.68. The summed E-state index contributed by atoms with van der Waals surface area (Å²) in [6.45, 7) is 9.63. The number of fused-ring (bicyclic) bond motifs is 8. The minimum Gasteiger partial charge on any atom is -0.491 e. The number of nitrogens with zero attached hydrogens (tertiary/aromatic N) is 3. The van der Waals surface area contributed by atoms with Crippen molar-refractivity contribution in [2.24, 2.45) is 0 Å². The summed E-state index contributed by atoms with van der Waals surface area (Å²) in [5.41, 5.74) is 8.09. The van der Waals surface area contributed by atoms with Gasteiger partial charge in [0, 0.05) is 11.6 Å². The molecule has 0 spiro atoms. The highest BCUT2D eigenvalue weighted by Crippen LogP contribution is 2.46. The molecule has 42 heavy (non-hydrogen) atoms. The Labute approximate surface area is 244 Å². The molecule has 8 bridgehead atoms. The summed E-state index contributed by atoms with van der Waals surface area (Å²) < 4.78 is 20.9. The highest BCUT2D eigenvalue weighted by atomic mass is 16.7. The molecular formula is C34H34N4O4. The van der Waals surface area contributed by atoms with Gasteiger partial charge < -0.3 is 24.0 Å². The molecule has 0 saturated carbocycles. The van der Waals surface area contributed by atoms with Crippen molar-refractivity contribution >= 4 is 46.4 Å². The Morgan fingerprint density at radius 1 is 0.667 bits per heavy atom. The van der Waals surface area contributed by atoms with Gasteiger partial charge in [-0.25, -0.2) is 9.97 Å². The molecule has 1 aromatic carbocycles. The van der Waals surface area contributed by atoms with Gasteiger partial charge in [-0.1, -0.05) is 30.3 Å². The van der Waals surface area contributed by atoms with E-state index in [1.54, 1.807) is 0 Å². The Morgan fingerprint density at radius 3 is 1.93 bits per heavy atom. The topological polar surface area (TPSA) is 83.4 Å². The van der Waals surface area contributed by atoms with E-state index in [1.807, 2.05) is 99.2 Å². The second-order valence-electron chi connectivity index (χ2n) is 9.63. The third-order valence-corrected chi connectivity index (χ3v) is 6.81. The lowest BCUT2D eigenvalue weighted by Gasteiger charge is -2.12. The maximum Gasteiger partial charge on any atom is 0.177 e. The summed E-state index contributed by atoms with van der Waals surface area (Å²) in [4.78, 5) is 19.6. The molecule has 214 valence electrons. The minimum atomic E-state index is 0.416. The molecule has 1 N–H and O–H groups in total. The number of hydrogen-bond donors (Lipinski definition) is 1. The Bertz CT molecular complexity index is 1830. The van der Waals surface area contributed by atoms with E-state index in [0.717, 1.165) is 44.9 Å². The fourth-order valence-corrected chi connectivity index (χ4v) is 5.24. The zero-order valence-corrected chi connectivity index (χ0v) is 24.3. The number of rotatable bonds is 9. The van der Waals surface area contributed by atoms with Crippen LogP contribution in [0.4, 0.5) is 0 Å². The lowest BCUT2D eigenvalue weighted by molar-refractivity contribution is 0.139. The van der Waals surface area contributed by atoms with E-state index in [1.165, 1.54) is 0 Å². The van der Waals surface area contributed by atoms with Crippen molar-refractivity contribution in [3.63, 3.8) is 0 Å². The Hall–Kier alpha value is -4.98. The average Bonchev–Trinajstić information content (AvgIpc) is 3.77. The molecule has 0 aliphatic carbocycles. The number of aromatic amines is 1. The maximum absolute atomic E-state index is 6.47. The van der Waals surface area contributed by atoms with Crippen LogP contribution in [0, 0.1) is 0 Å². The molecule has 0 saturated heterocycles. The molecule has 0 amide bonds. The smallest absolute Gasteiger partial charge is 0.177 e. The van der Waals surface area contributed by atoms with Gasteiger partial charge in [-0.3, -0.25) is 0 Å². The average molecular weight is 563 g/mol. The summed E-state index contributed by atoms with van der Waals surface area (Å²) in [5, 5.41) is 0. The molecule has 0 fully saturated rings. The normalized spacial score (nSPS) is 12.0. The molecule has 4 aromatic rings. The van der Waals surface area contributed by atoms with E-state index < -0.39 is 0 Å². The molecule has 0 unspecified atom stereocenters. The van der Waals surface area contributed by atoms with Crippen LogP contribution >= 0.6 is 0 Å². The summed E-state index contributed by atoms with van der Waals surface area (Å²) in [6, 6.07) is 18.1.